The lowest BCUT2D eigenvalue weighted by Gasteiger charge is -2.01. The molecule has 0 amide bonds. The van der Waals surface area contributed by atoms with E-state index in [0.717, 1.165) is 12.1 Å². The Balaban J connectivity index is 2.32. The van der Waals surface area contributed by atoms with Crippen LogP contribution >= 0.6 is 0 Å². The van der Waals surface area contributed by atoms with Crippen LogP contribution in [0, 0.1) is 0 Å². The molecular weight excluding hydrogens is 162 g/mol. The van der Waals surface area contributed by atoms with Gasteiger partial charge in [-0.2, -0.15) is 0 Å². The van der Waals surface area contributed by atoms with Gasteiger partial charge in [0.25, 0.3) is 0 Å². The van der Waals surface area contributed by atoms with Crippen molar-refractivity contribution in [3.05, 3.63) is 42.1 Å². The fraction of sp³-hybridized carbons (Fsp3) is 0.182. The molecule has 0 spiro atoms. The second kappa shape index (κ2) is 2.54. The molecule has 1 fully saturated rings. The molecule has 2 nitrogen and oxygen atoms in total. The van der Waals surface area contributed by atoms with Gasteiger partial charge in [-0.25, -0.2) is 0 Å². The molecule has 0 unspecified atom stereocenters. The Morgan fingerprint density at radius 3 is 2.92 bits per heavy atom. The number of nitrogens with zero attached hydrogens (tertiary/aromatic N) is 1. The van der Waals surface area contributed by atoms with Gasteiger partial charge in [-0.15, -0.1) is 0 Å². The van der Waals surface area contributed by atoms with E-state index in [1.165, 1.54) is 10.9 Å². The number of fused-ring (bicyclic) bond motifs is 1. The van der Waals surface area contributed by atoms with E-state index < -0.39 is 0 Å². The van der Waals surface area contributed by atoms with Crippen molar-refractivity contribution in [1.82, 2.24) is 4.98 Å². The van der Waals surface area contributed by atoms with Gasteiger partial charge in [0.15, 0.2) is 0 Å². The molecule has 1 aromatic carbocycles. The molecule has 1 atom stereocenters. The Morgan fingerprint density at radius 2 is 2.08 bits per heavy atom. The Kier molecular flexibility index (Phi) is 1.37. The molecule has 2 aromatic rings. The molecular formula is C11H9NO. The third-order valence-electron chi connectivity index (χ3n) is 2.36. The maximum absolute atomic E-state index is 5.27. The van der Waals surface area contributed by atoms with E-state index in [-0.39, 0.29) is 0 Å². The lowest BCUT2D eigenvalue weighted by Crippen LogP contribution is -1.85. The highest BCUT2D eigenvalue weighted by Crippen LogP contribution is 2.33. The molecule has 0 N–H and O–H groups in total. The minimum absolute atomic E-state index is 0.313. The number of pyridine rings is 1. The number of hydrogen-bond acceptors (Lipinski definition) is 2. The number of benzene rings is 1. The zero-order valence-corrected chi connectivity index (χ0v) is 7.10. The molecule has 0 bridgehead atoms. The topological polar surface area (TPSA) is 25.4 Å². The normalized spacial score (nSPS) is 20.5. The lowest BCUT2D eigenvalue weighted by atomic mass is 10.1. The first-order chi connectivity index (χ1) is 6.45. The molecule has 1 aliphatic heterocycles. The van der Waals surface area contributed by atoms with Crippen LogP contribution in [0.1, 0.15) is 11.7 Å². The Hall–Kier alpha value is -1.41. The summed E-state index contributed by atoms with van der Waals surface area (Å²) in [5.74, 6) is 0. The number of rotatable bonds is 1. The van der Waals surface area contributed by atoms with E-state index in [9.17, 15) is 0 Å². The van der Waals surface area contributed by atoms with Crippen molar-refractivity contribution in [3.8, 4) is 0 Å². The minimum atomic E-state index is 0.313. The third-order valence-corrected chi connectivity index (χ3v) is 2.36. The second-order valence-electron chi connectivity index (χ2n) is 3.24. The molecule has 0 radical (unpaired) electrons. The predicted molar refractivity (Wildman–Crippen MR) is 50.4 cm³/mol. The monoisotopic (exact) mass is 171 g/mol. The van der Waals surface area contributed by atoms with Crippen molar-refractivity contribution in [3.63, 3.8) is 0 Å². The summed E-state index contributed by atoms with van der Waals surface area (Å²) >= 11 is 0. The van der Waals surface area contributed by atoms with Crippen LogP contribution < -0.4 is 0 Å². The Bertz CT molecular complexity index is 443. The number of para-hydroxylation sites is 1. The zero-order valence-electron chi connectivity index (χ0n) is 7.10. The van der Waals surface area contributed by atoms with Crippen molar-refractivity contribution in [2.24, 2.45) is 0 Å². The Labute approximate surface area is 76.2 Å². The molecule has 3 rings (SSSR count). The van der Waals surface area contributed by atoms with Gasteiger partial charge in [0.1, 0.15) is 6.10 Å². The van der Waals surface area contributed by atoms with Crippen molar-refractivity contribution in [2.45, 2.75) is 6.10 Å². The number of ether oxygens (including phenoxy) is 1. The minimum Gasteiger partial charge on any atom is -0.368 e. The SMILES string of the molecule is c1ccc2c([C@@H]3CO3)ccnc2c1. The van der Waals surface area contributed by atoms with Gasteiger partial charge in [0.2, 0.25) is 0 Å². The van der Waals surface area contributed by atoms with E-state index in [0.29, 0.717) is 6.10 Å². The van der Waals surface area contributed by atoms with Gasteiger partial charge in [-0.1, -0.05) is 18.2 Å². The maximum atomic E-state index is 5.27. The largest absolute Gasteiger partial charge is 0.368 e. The summed E-state index contributed by atoms with van der Waals surface area (Å²) in [5.41, 5.74) is 2.32. The van der Waals surface area contributed by atoms with E-state index >= 15 is 0 Å². The summed E-state index contributed by atoms with van der Waals surface area (Å²) in [5, 5.41) is 1.22. The van der Waals surface area contributed by atoms with E-state index in [2.05, 4.69) is 11.1 Å². The summed E-state index contributed by atoms with van der Waals surface area (Å²) in [6.07, 6.45) is 2.16. The highest BCUT2D eigenvalue weighted by molar-refractivity contribution is 5.82. The van der Waals surface area contributed by atoms with Crippen LogP contribution in [0.25, 0.3) is 10.9 Å². The summed E-state index contributed by atoms with van der Waals surface area (Å²) in [7, 11) is 0. The molecule has 1 aliphatic rings. The fourth-order valence-electron chi connectivity index (χ4n) is 1.63. The summed E-state index contributed by atoms with van der Waals surface area (Å²) in [6, 6.07) is 10.2. The Morgan fingerprint density at radius 1 is 1.23 bits per heavy atom. The molecule has 2 heterocycles. The highest BCUT2D eigenvalue weighted by Gasteiger charge is 2.26. The highest BCUT2D eigenvalue weighted by atomic mass is 16.6. The molecule has 13 heavy (non-hydrogen) atoms. The smallest absolute Gasteiger partial charge is 0.107 e. The van der Waals surface area contributed by atoms with Crippen molar-refractivity contribution in [2.75, 3.05) is 6.61 Å². The van der Waals surface area contributed by atoms with Crippen LogP contribution in [0.4, 0.5) is 0 Å². The van der Waals surface area contributed by atoms with Crippen LogP contribution in [-0.4, -0.2) is 11.6 Å². The van der Waals surface area contributed by atoms with Gasteiger partial charge < -0.3 is 4.74 Å². The van der Waals surface area contributed by atoms with Gasteiger partial charge >= 0.3 is 0 Å². The fourth-order valence-corrected chi connectivity index (χ4v) is 1.63. The number of epoxide rings is 1. The second-order valence-corrected chi connectivity index (χ2v) is 3.24. The maximum Gasteiger partial charge on any atom is 0.107 e. The first-order valence-electron chi connectivity index (χ1n) is 4.40. The van der Waals surface area contributed by atoms with Gasteiger partial charge in [0.05, 0.1) is 12.1 Å². The van der Waals surface area contributed by atoms with Crippen molar-refractivity contribution >= 4 is 10.9 Å². The average Bonchev–Trinajstić information content (AvgIpc) is 3.00. The van der Waals surface area contributed by atoms with Crippen LogP contribution in [0.2, 0.25) is 0 Å². The standard InChI is InChI=1S/C11H9NO/c1-2-4-10-8(3-1)9(5-6-12-10)11-7-13-11/h1-6,11H,7H2/t11-/m0/s1. The first kappa shape index (κ1) is 7.04. The summed E-state index contributed by atoms with van der Waals surface area (Å²) in [4.78, 5) is 4.30. The van der Waals surface area contributed by atoms with Crippen LogP contribution in [0.15, 0.2) is 36.5 Å². The molecule has 0 aliphatic carbocycles. The predicted octanol–water partition coefficient (Wildman–Crippen LogP) is 2.31. The molecule has 2 heteroatoms. The van der Waals surface area contributed by atoms with E-state index in [1.54, 1.807) is 0 Å². The molecule has 64 valence electrons. The lowest BCUT2D eigenvalue weighted by molar-refractivity contribution is 0.417. The van der Waals surface area contributed by atoms with E-state index in [1.807, 2.05) is 30.5 Å². The van der Waals surface area contributed by atoms with Crippen LogP contribution in [0.3, 0.4) is 0 Å². The number of aromatic nitrogens is 1. The average molecular weight is 171 g/mol. The quantitative estimate of drug-likeness (QED) is 0.615. The van der Waals surface area contributed by atoms with Crippen LogP contribution in [-0.2, 0) is 4.74 Å². The number of hydrogen-bond donors (Lipinski definition) is 0. The van der Waals surface area contributed by atoms with Crippen LogP contribution in [0.5, 0.6) is 0 Å². The molecule has 1 aromatic heterocycles. The van der Waals surface area contributed by atoms with Gasteiger partial charge in [0, 0.05) is 11.6 Å². The summed E-state index contributed by atoms with van der Waals surface area (Å²) < 4.78 is 5.27. The van der Waals surface area contributed by atoms with Gasteiger partial charge in [-0.05, 0) is 17.7 Å². The molecule has 0 saturated carbocycles. The van der Waals surface area contributed by atoms with Crippen molar-refractivity contribution in [1.29, 1.82) is 0 Å². The zero-order chi connectivity index (χ0) is 8.67. The summed E-state index contributed by atoms with van der Waals surface area (Å²) in [6.45, 7) is 0.855. The van der Waals surface area contributed by atoms with E-state index in [4.69, 9.17) is 4.74 Å². The van der Waals surface area contributed by atoms with Gasteiger partial charge in [-0.3, -0.25) is 4.98 Å². The first-order valence-corrected chi connectivity index (χ1v) is 4.40. The van der Waals surface area contributed by atoms with Crippen molar-refractivity contribution < 1.29 is 4.74 Å². The third kappa shape index (κ3) is 1.11. The molecule has 1 saturated heterocycles.